The minimum atomic E-state index is -0.837. The number of carbonyl (C=O) groups excluding carboxylic acids is 3. The summed E-state index contributed by atoms with van der Waals surface area (Å²) >= 11 is 0. The Morgan fingerprint density at radius 1 is 1.00 bits per heavy atom. The monoisotopic (exact) mass is 476 g/mol. The lowest BCUT2D eigenvalue weighted by atomic mass is 10.1. The molecule has 1 atom stereocenters. The van der Waals surface area contributed by atoms with Crippen LogP contribution in [0.25, 0.3) is 6.08 Å². The second kappa shape index (κ2) is 10.2. The molecule has 0 bridgehead atoms. The van der Waals surface area contributed by atoms with E-state index < -0.39 is 12.1 Å². The normalized spacial score (nSPS) is 20.1. The Labute approximate surface area is 203 Å². The number of amides is 4. The number of rotatable bonds is 7. The van der Waals surface area contributed by atoms with E-state index in [4.69, 9.17) is 9.47 Å². The fourth-order valence-corrected chi connectivity index (χ4v) is 4.47. The Kier molecular flexibility index (Phi) is 6.67. The fourth-order valence-electron chi connectivity index (χ4n) is 4.47. The van der Waals surface area contributed by atoms with Crippen LogP contribution in [0.3, 0.4) is 0 Å². The zero-order chi connectivity index (χ0) is 24.2. The summed E-state index contributed by atoms with van der Waals surface area (Å²) in [5, 5.41) is 2.66. The third-order valence-corrected chi connectivity index (χ3v) is 6.46. The number of nitrogens with zero attached hydrogens (tertiary/aromatic N) is 3. The van der Waals surface area contributed by atoms with E-state index in [1.807, 2.05) is 18.2 Å². The lowest BCUT2D eigenvalue weighted by Gasteiger charge is -2.34. The first-order chi connectivity index (χ1) is 17.1. The van der Waals surface area contributed by atoms with Crippen LogP contribution in [0.15, 0.2) is 54.6 Å². The number of ether oxygens (including phenoxy) is 2. The number of hydrogen-bond donors (Lipinski definition) is 1. The van der Waals surface area contributed by atoms with Gasteiger partial charge >= 0.3 is 6.03 Å². The van der Waals surface area contributed by atoms with Crippen molar-refractivity contribution in [2.75, 3.05) is 39.5 Å². The molecular formula is C26H28N4O5. The summed E-state index contributed by atoms with van der Waals surface area (Å²) in [5.74, 6) is 0.733. The number of imide groups is 1. The quantitative estimate of drug-likeness (QED) is 0.616. The fraction of sp³-hybridized carbons (Fsp3) is 0.346. The lowest BCUT2D eigenvalue weighted by Crippen LogP contribution is -2.50. The van der Waals surface area contributed by atoms with Crippen LogP contribution in [-0.2, 0) is 16.1 Å². The van der Waals surface area contributed by atoms with E-state index >= 15 is 0 Å². The van der Waals surface area contributed by atoms with Crippen LogP contribution < -0.4 is 14.8 Å². The van der Waals surface area contributed by atoms with Crippen LogP contribution in [-0.4, -0.2) is 78.1 Å². The molecule has 3 aliphatic heterocycles. The number of hydrogen-bond acceptors (Lipinski definition) is 6. The number of nitrogens with one attached hydrogen (secondary N) is 1. The highest BCUT2D eigenvalue weighted by molar-refractivity contribution is 6.05. The van der Waals surface area contributed by atoms with Gasteiger partial charge in [-0.3, -0.25) is 19.4 Å². The van der Waals surface area contributed by atoms with Crippen molar-refractivity contribution in [3.8, 4) is 11.5 Å². The van der Waals surface area contributed by atoms with Crippen molar-refractivity contribution in [1.29, 1.82) is 0 Å². The highest BCUT2D eigenvalue weighted by Crippen LogP contribution is 2.33. The van der Waals surface area contributed by atoms with Gasteiger partial charge in [0.1, 0.15) is 6.04 Å². The summed E-state index contributed by atoms with van der Waals surface area (Å²) < 4.78 is 10.7. The summed E-state index contributed by atoms with van der Waals surface area (Å²) in [5.41, 5.74) is 1.92. The first-order valence-electron chi connectivity index (χ1n) is 11.8. The van der Waals surface area contributed by atoms with Crippen molar-refractivity contribution in [2.24, 2.45) is 0 Å². The Hall–Kier alpha value is -3.85. The van der Waals surface area contributed by atoms with Gasteiger partial charge in [0.15, 0.2) is 11.5 Å². The van der Waals surface area contributed by atoms with E-state index in [-0.39, 0.29) is 31.6 Å². The van der Waals surface area contributed by atoms with Gasteiger partial charge < -0.3 is 19.7 Å². The van der Waals surface area contributed by atoms with Gasteiger partial charge in [0.05, 0.1) is 13.0 Å². The molecule has 1 N–H and O–H groups in total. The molecule has 0 saturated carbocycles. The molecule has 3 heterocycles. The third-order valence-electron chi connectivity index (χ3n) is 6.46. The summed E-state index contributed by atoms with van der Waals surface area (Å²) in [7, 11) is 0. The Morgan fingerprint density at radius 3 is 2.57 bits per heavy atom. The van der Waals surface area contributed by atoms with Gasteiger partial charge in [-0.2, -0.15) is 0 Å². The number of fused-ring (bicyclic) bond motifs is 1. The Balaban J connectivity index is 1.09. The van der Waals surface area contributed by atoms with Gasteiger partial charge in [-0.25, -0.2) is 4.79 Å². The Morgan fingerprint density at radius 2 is 1.77 bits per heavy atom. The molecule has 2 fully saturated rings. The highest BCUT2D eigenvalue weighted by atomic mass is 16.7. The van der Waals surface area contributed by atoms with Gasteiger partial charge in [-0.05, 0) is 23.3 Å². The zero-order valence-electron chi connectivity index (χ0n) is 19.4. The van der Waals surface area contributed by atoms with Gasteiger partial charge in [-0.15, -0.1) is 0 Å². The summed E-state index contributed by atoms with van der Waals surface area (Å²) in [6.45, 7) is 3.84. The molecule has 4 amide bonds. The summed E-state index contributed by atoms with van der Waals surface area (Å²) in [6, 6.07) is 14.1. The van der Waals surface area contributed by atoms with Gasteiger partial charge in [-0.1, -0.05) is 48.6 Å². The lowest BCUT2D eigenvalue weighted by molar-refractivity contribution is -0.137. The van der Waals surface area contributed by atoms with Crippen LogP contribution in [0.5, 0.6) is 11.5 Å². The van der Waals surface area contributed by atoms with Crippen LogP contribution in [0.2, 0.25) is 0 Å². The second-order valence-corrected chi connectivity index (χ2v) is 8.81. The van der Waals surface area contributed by atoms with Gasteiger partial charge in [0.25, 0.3) is 5.91 Å². The average molecular weight is 477 g/mol. The first kappa shape index (κ1) is 22.9. The number of carbonyl (C=O) groups is 3. The molecule has 5 rings (SSSR count). The molecule has 2 aromatic rings. The molecule has 9 heteroatoms. The number of benzene rings is 2. The molecule has 3 aliphatic rings. The molecule has 35 heavy (non-hydrogen) atoms. The predicted octanol–water partition coefficient (Wildman–Crippen LogP) is 2.08. The molecular weight excluding hydrogens is 448 g/mol. The summed E-state index contributed by atoms with van der Waals surface area (Å²) in [4.78, 5) is 43.4. The van der Waals surface area contributed by atoms with Gasteiger partial charge in [0, 0.05) is 32.7 Å². The van der Waals surface area contributed by atoms with E-state index in [9.17, 15) is 14.4 Å². The molecule has 2 saturated heterocycles. The highest BCUT2D eigenvalue weighted by Gasteiger charge is 2.40. The maximum atomic E-state index is 12.9. The SMILES string of the molecule is O=C(CC1NC(=O)N(Cc2ccc3c(c2)OCO3)C1=O)N1CCN(C/C=C/c2ccccc2)CC1. The standard InChI is InChI=1S/C26H28N4O5/c31-24(29-13-11-28(12-14-29)10-4-7-19-5-2-1-3-6-19)16-21-25(32)30(26(33)27-21)17-20-8-9-22-23(15-20)35-18-34-22/h1-9,15,21H,10-14,16-18H2,(H,27,33)/b7-4+. The number of urea groups is 1. The van der Waals surface area contributed by atoms with E-state index in [2.05, 4.69) is 34.5 Å². The Bertz CT molecular complexity index is 1130. The predicted molar refractivity (Wildman–Crippen MR) is 129 cm³/mol. The maximum absolute atomic E-state index is 12.9. The minimum Gasteiger partial charge on any atom is -0.454 e. The molecule has 0 aromatic heterocycles. The average Bonchev–Trinajstić information content (AvgIpc) is 3.45. The molecule has 182 valence electrons. The molecule has 9 nitrogen and oxygen atoms in total. The molecule has 1 unspecified atom stereocenters. The maximum Gasteiger partial charge on any atom is 0.325 e. The molecule has 0 radical (unpaired) electrons. The number of piperazine rings is 1. The topological polar surface area (TPSA) is 91.4 Å². The van der Waals surface area contributed by atoms with E-state index in [1.165, 1.54) is 0 Å². The van der Waals surface area contributed by atoms with Crippen molar-refractivity contribution in [1.82, 2.24) is 20.0 Å². The zero-order valence-corrected chi connectivity index (χ0v) is 19.4. The van der Waals surface area contributed by atoms with E-state index in [0.29, 0.717) is 24.6 Å². The minimum absolute atomic E-state index is 0.0316. The molecule has 0 aliphatic carbocycles. The van der Waals surface area contributed by atoms with Crippen molar-refractivity contribution in [2.45, 2.75) is 19.0 Å². The first-order valence-corrected chi connectivity index (χ1v) is 11.8. The van der Waals surface area contributed by atoms with Crippen molar-refractivity contribution >= 4 is 23.9 Å². The van der Waals surface area contributed by atoms with E-state index in [0.717, 1.165) is 35.7 Å². The van der Waals surface area contributed by atoms with Crippen LogP contribution in [0, 0.1) is 0 Å². The van der Waals surface area contributed by atoms with Crippen LogP contribution in [0.4, 0.5) is 4.79 Å². The van der Waals surface area contributed by atoms with Crippen molar-refractivity contribution < 1.29 is 23.9 Å². The third kappa shape index (κ3) is 5.30. The molecule has 0 spiro atoms. The van der Waals surface area contributed by atoms with Crippen LogP contribution in [0.1, 0.15) is 17.5 Å². The van der Waals surface area contributed by atoms with Crippen LogP contribution >= 0.6 is 0 Å². The van der Waals surface area contributed by atoms with Crippen molar-refractivity contribution in [3.63, 3.8) is 0 Å². The van der Waals surface area contributed by atoms with Gasteiger partial charge in [0.2, 0.25) is 12.7 Å². The van der Waals surface area contributed by atoms with Crippen molar-refractivity contribution in [3.05, 3.63) is 65.7 Å². The largest absolute Gasteiger partial charge is 0.454 e. The molecule has 2 aromatic carbocycles. The van der Waals surface area contributed by atoms with E-state index in [1.54, 1.807) is 23.1 Å². The summed E-state index contributed by atoms with van der Waals surface area (Å²) in [6.07, 6.45) is 4.20. The second-order valence-electron chi connectivity index (χ2n) is 8.81. The smallest absolute Gasteiger partial charge is 0.325 e.